The fourth-order valence-corrected chi connectivity index (χ4v) is 3.65. The van der Waals surface area contributed by atoms with Gasteiger partial charge in [0.25, 0.3) is 0 Å². The van der Waals surface area contributed by atoms with Crippen LogP contribution in [0.1, 0.15) is 24.8 Å². The van der Waals surface area contributed by atoms with Crippen molar-refractivity contribution >= 4 is 21.7 Å². The Morgan fingerprint density at radius 1 is 1.36 bits per heavy atom. The van der Waals surface area contributed by atoms with Crippen molar-refractivity contribution in [3.05, 3.63) is 51.8 Å². The van der Waals surface area contributed by atoms with Gasteiger partial charge in [0.05, 0.1) is 11.6 Å². The van der Waals surface area contributed by atoms with Crippen LogP contribution in [-0.2, 0) is 4.79 Å². The summed E-state index contributed by atoms with van der Waals surface area (Å²) in [6.07, 6.45) is 5.59. The normalized spacial score (nSPS) is 24.0. The zero-order chi connectivity index (χ0) is 15.7. The van der Waals surface area contributed by atoms with Gasteiger partial charge in [-0.25, -0.2) is 4.39 Å². The van der Waals surface area contributed by atoms with Gasteiger partial charge in [-0.05, 0) is 37.1 Å². The molecule has 2 unspecified atom stereocenters. The number of hydrogen-bond acceptors (Lipinski definition) is 3. The first-order chi connectivity index (χ1) is 10.6. The molecule has 112 valence electrons. The number of nitrogens with zero attached hydrogens (tertiary/aromatic N) is 1. The minimum atomic E-state index is -0.509. The molecule has 1 aromatic rings. The molecular formula is C17H13BrFNO2. The fraction of sp³-hybridized carbons (Fsp3) is 0.294. The Hall–Kier alpha value is -1.93. The van der Waals surface area contributed by atoms with Crippen LogP contribution in [0.4, 0.5) is 4.39 Å². The molecule has 0 aromatic heterocycles. The molecule has 0 bridgehead atoms. The fourth-order valence-electron chi connectivity index (χ4n) is 2.98. The molecule has 0 spiro atoms. The Balaban J connectivity index is 1.88. The Morgan fingerprint density at radius 3 is 2.95 bits per heavy atom. The monoisotopic (exact) mass is 361 g/mol. The lowest BCUT2D eigenvalue weighted by Gasteiger charge is -2.33. The molecule has 0 N–H and O–H groups in total. The number of Topliss-reactive ketones (excluding diaryl/α,β-unsaturated/α-hetero) is 1. The van der Waals surface area contributed by atoms with Crippen molar-refractivity contribution in [1.82, 2.24) is 0 Å². The van der Waals surface area contributed by atoms with Crippen molar-refractivity contribution in [3.8, 4) is 11.8 Å². The van der Waals surface area contributed by atoms with E-state index in [2.05, 4.69) is 15.9 Å². The van der Waals surface area contributed by atoms with Crippen molar-refractivity contribution in [2.45, 2.75) is 25.4 Å². The van der Waals surface area contributed by atoms with Crippen LogP contribution in [0.25, 0.3) is 0 Å². The third-order valence-corrected chi connectivity index (χ3v) is 4.64. The SMILES string of the molecule is N#Cc1cc(F)cc(OC2C=CC(Br)=C3C(=O)CCCC32)c1. The van der Waals surface area contributed by atoms with Crippen LogP contribution in [0.2, 0.25) is 0 Å². The highest BCUT2D eigenvalue weighted by molar-refractivity contribution is 9.12. The maximum atomic E-state index is 13.5. The topological polar surface area (TPSA) is 50.1 Å². The lowest BCUT2D eigenvalue weighted by Crippen LogP contribution is -2.34. The molecule has 1 fully saturated rings. The van der Waals surface area contributed by atoms with Gasteiger partial charge in [-0.3, -0.25) is 4.79 Å². The molecule has 2 atom stereocenters. The highest BCUT2D eigenvalue weighted by Gasteiger charge is 2.35. The molecule has 1 saturated carbocycles. The number of carbonyl (C=O) groups is 1. The molecule has 0 heterocycles. The highest BCUT2D eigenvalue weighted by Crippen LogP contribution is 2.39. The lowest BCUT2D eigenvalue weighted by atomic mass is 9.77. The van der Waals surface area contributed by atoms with Gasteiger partial charge >= 0.3 is 0 Å². The van der Waals surface area contributed by atoms with Gasteiger partial charge in [0.1, 0.15) is 17.7 Å². The first kappa shape index (κ1) is 15.0. The second-order valence-electron chi connectivity index (χ2n) is 5.41. The smallest absolute Gasteiger partial charge is 0.160 e. The van der Waals surface area contributed by atoms with Gasteiger partial charge in [-0.2, -0.15) is 5.26 Å². The lowest BCUT2D eigenvalue weighted by molar-refractivity contribution is -0.117. The largest absolute Gasteiger partial charge is 0.486 e. The quantitative estimate of drug-likeness (QED) is 0.798. The number of carbonyl (C=O) groups excluding carboxylic acids is 1. The summed E-state index contributed by atoms with van der Waals surface area (Å²) < 4.78 is 20.2. The second-order valence-corrected chi connectivity index (χ2v) is 6.27. The molecule has 5 heteroatoms. The van der Waals surface area contributed by atoms with Crippen LogP contribution in [-0.4, -0.2) is 11.9 Å². The molecule has 1 aromatic carbocycles. The van der Waals surface area contributed by atoms with Crippen LogP contribution in [0.15, 0.2) is 40.4 Å². The highest BCUT2D eigenvalue weighted by atomic mass is 79.9. The first-order valence-electron chi connectivity index (χ1n) is 7.07. The maximum absolute atomic E-state index is 13.5. The van der Waals surface area contributed by atoms with E-state index >= 15 is 0 Å². The van der Waals surface area contributed by atoms with E-state index in [9.17, 15) is 9.18 Å². The van der Waals surface area contributed by atoms with Crippen molar-refractivity contribution in [2.24, 2.45) is 5.92 Å². The van der Waals surface area contributed by atoms with Crippen LogP contribution >= 0.6 is 15.9 Å². The Morgan fingerprint density at radius 2 is 2.18 bits per heavy atom. The van der Waals surface area contributed by atoms with Crippen molar-refractivity contribution in [2.75, 3.05) is 0 Å². The number of nitriles is 1. The summed E-state index contributed by atoms with van der Waals surface area (Å²) in [5, 5.41) is 8.90. The van der Waals surface area contributed by atoms with E-state index in [1.807, 2.05) is 18.2 Å². The van der Waals surface area contributed by atoms with Gasteiger partial charge in [0.2, 0.25) is 0 Å². The summed E-state index contributed by atoms with van der Waals surface area (Å²) in [4.78, 5) is 12.1. The first-order valence-corrected chi connectivity index (χ1v) is 7.86. The van der Waals surface area contributed by atoms with Crippen LogP contribution < -0.4 is 4.74 Å². The van der Waals surface area contributed by atoms with Gasteiger partial charge in [-0.1, -0.05) is 15.9 Å². The summed E-state index contributed by atoms with van der Waals surface area (Å²) in [6, 6.07) is 5.83. The molecule has 0 amide bonds. The van der Waals surface area contributed by atoms with Crippen molar-refractivity contribution in [1.29, 1.82) is 5.26 Å². The third kappa shape index (κ3) is 2.84. The number of benzene rings is 1. The predicted octanol–water partition coefficient (Wildman–Crippen LogP) is 4.03. The van der Waals surface area contributed by atoms with E-state index in [0.717, 1.165) is 29.0 Å². The van der Waals surface area contributed by atoms with Crippen molar-refractivity contribution in [3.63, 3.8) is 0 Å². The van der Waals surface area contributed by atoms with Crippen molar-refractivity contribution < 1.29 is 13.9 Å². The number of ketones is 1. The van der Waals surface area contributed by atoms with Gasteiger partial charge in [0, 0.05) is 28.5 Å². The van der Waals surface area contributed by atoms with Gasteiger partial charge in [-0.15, -0.1) is 0 Å². The predicted molar refractivity (Wildman–Crippen MR) is 83.0 cm³/mol. The van der Waals surface area contributed by atoms with Gasteiger partial charge in [0.15, 0.2) is 5.78 Å². The zero-order valence-corrected chi connectivity index (χ0v) is 13.3. The summed E-state index contributed by atoms with van der Waals surface area (Å²) in [5.74, 6) is -0.0976. The number of fused-ring (bicyclic) bond motifs is 1. The molecule has 22 heavy (non-hydrogen) atoms. The van der Waals surface area contributed by atoms with E-state index in [1.165, 1.54) is 12.1 Å². The number of rotatable bonds is 2. The standard InChI is InChI=1S/C17H13BrFNO2/c18-14-4-5-16(13-2-1-3-15(21)17(13)14)22-12-7-10(9-20)6-11(19)8-12/h4-8,13,16H,1-3H2. The second kappa shape index (κ2) is 6.05. The molecular weight excluding hydrogens is 349 g/mol. The number of ether oxygens (including phenoxy) is 1. The van der Waals surface area contributed by atoms with E-state index in [0.29, 0.717) is 12.2 Å². The Labute approximate surface area is 136 Å². The summed E-state index contributed by atoms with van der Waals surface area (Å²) >= 11 is 3.43. The van der Waals surface area contributed by atoms with Crippen LogP contribution in [0.3, 0.4) is 0 Å². The third-order valence-electron chi connectivity index (χ3n) is 3.95. The van der Waals surface area contributed by atoms with Crippen LogP contribution in [0.5, 0.6) is 5.75 Å². The molecule has 3 rings (SSSR count). The summed E-state index contributed by atoms with van der Waals surface area (Å²) in [7, 11) is 0. The van der Waals surface area contributed by atoms with E-state index in [-0.39, 0.29) is 23.4 Å². The summed E-state index contributed by atoms with van der Waals surface area (Å²) in [5.41, 5.74) is 0.974. The number of hydrogen-bond donors (Lipinski definition) is 0. The minimum Gasteiger partial charge on any atom is -0.486 e. The number of allylic oxidation sites excluding steroid dienone is 2. The molecule has 0 aliphatic heterocycles. The zero-order valence-electron chi connectivity index (χ0n) is 11.7. The molecule has 3 nitrogen and oxygen atoms in total. The molecule has 0 radical (unpaired) electrons. The number of halogens is 2. The Kier molecular flexibility index (Phi) is 4.12. The summed E-state index contributed by atoms with van der Waals surface area (Å²) in [6.45, 7) is 0. The average Bonchev–Trinajstić information content (AvgIpc) is 2.49. The average molecular weight is 362 g/mol. The molecule has 2 aliphatic rings. The van der Waals surface area contributed by atoms with Crippen LogP contribution in [0, 0.1) is 23.1 Å². The Bertz CT molecular complexity index is 733. The maximum Gasteiger partial charge on any atom is 0.160 e. The van der Waals surface area contributed by atoms with Gasteiger partial charge < -0.3 is 4.74 Å². The molecule has 2 aliphatic carbocycles. The minimum absolute atomic E-state index is 0.0329. The van der Waals surface area contributed by atoms with E-state index in [4.69, 9.17) is 10.00 Å². The van der Waals surface area contributed by atoms with E-state index in [1.54, 1.807) is 0 Å². The van der Waals surface area contributed by atoms with E-state index < -0.39 is 5.82 Å². The molecule has 0 saturated heterocycles.